The van der Waals surface area contributed by atoms with E-state index in [9.17, 15) is 0 Å². The van der Waals surface area contributed by atoms with E-state index < -0.39 is 16.6 Å². The molecule has 0 heterocycles. The van der Waals surface area contributed by atoms with Gasteiger partial charge in [-0.05, 0) is 0 Å². The molecule has 0 aromatic heterocycles. The molecule has 0 aliphatic heterocycles. The van der Waals surface area contributed by atoms with Crippen LogP contribution in [0.15, 0.2) is 22.8 Å². The molecule has 0 spiro atoms. The fourth-order valence-electron chi connectivity index (χ4n) is 4.22. The Hall–Kier alpha value is 0.411. The van der Waals surface area contributed by atoms with Gasteiger partial charge in [0, 0.05) is 0 Å². The van der Waals surface area contributed by atoms with Gasteiger partial charge in [-0.3, -0.25) is 0 Å². The third-order valence-corrected chi connectivity index (χ3v) is 14.1. The molecule has 0 saturated heterocycles. The second kappa shape index (κ2) is 5.56. The van der Waals surface area contributed by atoms with Gasteiger partial charge in [0.1, 0.15) is 0 Å². The molecule has 0 aromatic rings. The summed E-state index contributed by atoms with van der Waals surface area (Å²) in [6.07, 6.45) is 8.41. The van der Waals surface area contributed by atoms with E-state index in [1.807, 2.05) is 5.57 Å². The second-order valence-electron chi connectivity index (χ2n) is 9.27. The van der Waals surface area contributed by atoms with Crippen molar-refractivity contribution in [2.45, 2.75) is 83.9 Å². The third-order valence-electron chi connectivity index (χ3n) is 5.55. The standard InChI is InChI=1S/C15H25Si.3CH3.Ti/c1-11-9-12(10-16-15(2,3)4)14-8-6-5-7-13(11)14;;;;/h9H,5-8,10,16H2,1-4H3;3*1H3;. The van der Waals surface area contributed by atoms with Crippen LogP contribution in [0.3, 0.4) is 0 Å². The van der Waals surface area contributed by atoms with E-state index in [1.165, 1.54) is 31.7 Å². The Morgan fingerprint density at radius 2 is 1.75 bits per heavy atom. The van der Waals surface area contributed by atoms with Crippen LogP contribution in [-0.4, -0.2) is 9.52 Å². The maximum atomic E-state index is 2.77. The summed E-state index contributed by atoms with van der Waals surface area (Å²) in [5, 5.41) is 8.57. The van der Waals surface area contributed by atoms with E-state index in [0.717, 1.165) is 0 Å². The monoisotopic (exact) mass is 326 g/mol. The van der Waals surface area contributed by atoms with E-state index in [4.69, 9.17) is 0 Å². The summed E-state index contributed by atoms with van der Waals surface area (Å²) in [6.45, 7) is 9.79. The van der Waals surface area contributed by atoms with E-state index in [-0.39, 0.29) is 9.52 Å². The van der Waals surface area contributed by atoms with Gasteiger partial charge >= 0.3 is 133 Å². The topological polar surface area (TPSA) is 0 Å². The molecular weight excluding hydrogens is 292 g/mol. The van der Waals surface area contributed by atoms with Crippen molar-refractivity contribution in [3.05, 3.63) is 22.8 Å². The van der Waals surface area contributed by atoms with Crippen LogP contribution < -0.4 is 0 Å². The quantitative estimate of drug-likeness (QED) is 0.551. The predicted octanol–water partition coefficient (Wildman–Crippen LogP) is 6.08. The van der Waals surface area contributed by atoms with Crippen molar-refractivity contribution in [3.8, 4) is 0 Å². The Morgan fingerprint density at radius 3 is 2.30 bits per heavy atom. The summed E-state index contributed by atoms with van der Waals surface area (Å²) in [7, 11) is -0.0182. The molecule has 0 fully saturated rings. The molecule has 1 atom stereocenters. The minimum absolute atomic E-state index is 0.0182. The van der Waals surface area contributed by atoms with Crippen molar-refractivity contribution in [2.75, 3.05) is 0 Å². The van der Waals surface area contributed by atoms with Crippen LogP contribution in [0, 0.1) is 0 Å². The Bertz CT molecular complexity index is 445. The average molecular weight is 326 g/mol. The molecule has 2 rings (SSSR count). The van der Waals surface area contributed by atoms with Gasteiger partial charge in [0.15, 0.2) is 0 Å². The first kappa shape index (κ1) is 16.8. The summed E-state index contributed by atoms with van der Waals surface area (Å²) in [6, 6.07) is 1.54. The van der Waals surface area contributed by atoms with Gasteiger partial charge in [-0.15, -0.1) is 0 Å². The second-order valence-corrected chi connectivity index (χ2v) is 20.8. The summed E-state index contributed by atoms with van der Waals surface area (Å²) in [4.78, 5) is 0. The first-order valence-electron chi connectivity index (χ1n) is 8.49. The average Bonchev–Trinajstić information content (AvgIpc) is 2.60. The Labute approximate surface area is 132 Å². The molecule has 0 amide bonds. The van der Waals surface area contributed by atoms with Crippen molar-refractivity contribution in [2.24, 2.45) is 0 Å². The van der Waals surface area contributed by atoms with Crippen molar-refractivity contribution >= 4 is 9.52 Å². The van der Waals surface area contributed by atoms with Gasteiger partial charge < -0.3 is 0 Å². The summed E-state index contributed by atoms with van der Waals surface area (Å²) in [5.41, 5.74) is 5.37. The van der Waals surface area contributed by atoms with Crippen LogP contribution >= 0.6 is 0 Å². The van der Waals surface area contributed by atoms with E-state index in [2.05, 4.69) is 49.5 Å². The van der Waals surface area contributed by atoms with Crippen molar-refractivity contribution in [1.29, 1.82) is 0 Å². The summed E-state index contributed by atoms with van der Waals surface area (Å²) < 4.78 is 0.569. The van der Waals surface area contributed by atoms with Crippen LogP contribution in [0.5, 0.6) is 0 Å². The fraction of sp³-hybridized carbons (Fsp3) is 0.778. The number of hydrogen-bond donors (Lipinski definition) is 0. The molecule has 2 heteroatoms. The molecule has 2 aliphatic rings. The SMILES string of the molecule is CC1=C[C](C[SiH2]C(C)(C)C)([Ti]([CH3])([CH3])[CH3])C2=C1CCCC2. The van der Waals surface area contributed by atoms with Crippen molar-refractivity contribution in [3.63, 3.8) is 0 Å². The number of rotatable bonds is 3. The van der Waals surface area contributed by atoms with Crippen molar-refractivity contribution < 1.29 is 16.6 Å². The zero-order valence-electron chi connectivity index (χ0n) is 14.8. The van der Waals surface area contributed by atoms with E-state index in [1.54, 1.807) is 11.1 Å². The molecule has 2 aliphatic carbocycles. The van der Waals surface area contributed by atoms with Crippen LogP contribution in [0.2, 0.25) is 30.5 Å². The Morgan fingerprint density at radius 1 is 1.15 bits per heavy atom. The van der Waals surface area contributed by atoms with Gasteiger partial charge in [0.25, 0.3) is 0 Å². The first-order chi connectivity index (χ1) is 9.07. The normalized spacial score (nSPS) is 28.2. The minimum atomic E-state index is -1.78. The van der Waals surface area contributed by atoms with Crippen LogP contribution in [-0.2, 0) is 16.6 Å². The molecular formula is C18H34SiTi. The molecule has 0 radical (unpaired) electrons. The molecule has 1 unspecified atom stereocenters. The number of hydrogen-bond acceptors (Lipinski definition) is 0. The van der Waals surface area contributed by atoms with Gasteiger partial charge in [-0.2, -0.15) is 0 Å². The van der Waals surface area contributed by atoms with E-state index >= 15 is 0 Å². The molecule has 20 heavy (non-hydrogen) atoms. The molecule has 0 saturated carbocycles. The first-order valence-corrected chi connectivity index (χ1v) is 15.7. The fourth-order valence-corrected chi connectivity index (χ4v) is 13.5. The number of allylic oxidation sites excluding steroid dienone is 4. The van der Waals surface area contributed by atoms with Crippen molar-refractivity contribution in [1.82, 2.24) is 0 Å². The maximum absolute atomic E-state index is 2.77. The molecule has 0 aromatic carbocycles. The molecule has 114 valence electrons. The van der Waals surface area contributed by atoms with Crippen LogP contribution in [0.25, 0.3) is 0 Å². The van der Waals surface area contributed by atoms with Gasteiger partial charge in [-0.1, -0.05) is 0 Å². The van der Waals surface area contributed by atoms with E-state index in [0.29, 0.717) is 8.76 Å². The third kappa shape index (κ3) is 3.10. The zero-order chi connectivity index (χ0) is 15.2. The predicted molar refractivity (Wildman–Crippen MR) is 92.6 cm³/mol. The van der Waals surface area contributed by atoms with Crippen LogP contribution in [0.4, 0.5) is 0 Å². The zero-order valence-corrected chi connectivity index (χ0v) is 17.8. The van der Waals surface area contributed by atoms with Gasteiger partial charge in [0.05, 0.1) is 0 Å². The Kier molecular flexibility index (Phi) is 4.66. The molecule has 0 bridgehead atoms. The Balaban J connectivity index is 2.42. The van der Waals surface area contributed by atoms with Gasteiger partial charge in [0.2, 0.25) is 0 Å². The van der Waals surface area contributed by atoms with Crippen LogP contribution in [0.1, 0.15) is 53.4 Å². The molecule has 0 N–H and O–H groups in total. The summed E-state index contributed by atoms with van der Waals surface area (Å²) >= 11 is -1.78. The summed E-state index contributed by atoms with van der Waals surface area (Å²) in [5.74, 6) is 0. The van der Waals surface area contributed by atoms with Gasteiger partial charge in [-0.25, -0.2) is 0 Å². The molecule has 0 nitrogen and oxygen atoms in total.